The molecule has 0 atom stereocenters. The monoisotopic (exact) mass is 378 g/mol. The number of para-hydroxylation sites is 1. The normalized spacial score (nSPS) is 10.9. The maximum atomic E-state index is 12.3. The van der Waals surface area contributed by atoms with Crippen LogP contribution in [0.3, 0.4) is 0 Å². The maximum absolute atomic E-state index is 12.3. The third kappa shape index (κ3) is 4.86. The van der Waals surface area contributed by atoms with Gasteiger partial charge in [-0.2, -0.15) is 0 Å². The SMILES string of the molecule is COc1ccc(/C=C/C(=O)c2ccc(C)s2)cc1COc1ccccc1C. The molecule has 0 aliphatic heterocycles. The van der Waals surface area contributed by atoms with Gasteiger partial charge in [-0.05, 0) is 61.4 Å². The van der Waals surface area contributed by atoms with Crippen LogP contribution in [0.15, 0.2) is 60.7 Å². The van der Waals surface area contributed by atoms with Gasteiger partial charge in [-0.25, -0.2) is 0 Å². The van der Waals surface area contributed by atoms with Crippen molar-refractivity contribution in [3.05, 3.63) is 87.1 Å². The number of carbonyl (C=O) groups excluding carboxylic acids is 1. The summed E-state index contributed by atoms with van der Waals surface area (Å²) in [5.41, 5.74) is 2.95. The molecule has 138 valence electrons. The van der Waals surface area contributed by atoms with Crippen LogP contribution < -0.4 is 9.47 Å². The van der Waals surface area contributed by atoms with Crippen LogP contribution in [0.25, 0.3) is 6.08 Å². The summed E-state index contributed by atoms with van der Waals surface area (Å²) < 4.78 is 11.4. The molecule has 0 amide bonds. The summed E-state index contributed by atoms with van der Waals surface area (Å²) >= 11 is 1.51. The standard InChI is InChI=1S/C23H22O3S/c1-16-6-4-5-7-21(16)26-15-19-14-18(10-12-22(19)25-3)9-11-20(24)23-13-8-17(2)27-23/h4-14H,15H2,1-3H3/b11-9+. The Bertz CT molecular complexity index is 969. The second kappa shape index (κ2) is 8.69. The Kier molecular flexibility index (Phi) is 6.09. The molecule has 1 aromatic heterocycles. The molecule has 0 spiro atoms. The minimum absolute atomic E-state index is 0.0154. The van der Waals surface area contributed by atoms with Crippen molar-refractivity contribution < 1.29 is 14.3 Å². The van der Waals surface area contributed by atoms with Gasteiger partial charge in [-0.1, -0.05) is 30.3 Å². The molecule has 27 heavy (non-hydrogen) atoms. The van der Waals surface area contributed by atoms with E-state index in [1.54, 1.807) is 13.2 Å². The number of aryl methyl sites for hydroxylation is 2. The van der Waals surface area contributed by atoms with Gasteiger partial charge in [0.05, 0.1) is 12.0 Å². The summed E-state index contributed by atoms with van der Waals surface area (Å²) in [7, 11) is 1.64. The van der Waals surface area contributed by atoms with Crippen molar-refractivity contribution in [1.82, 2.24) is 0 Å². The number of benzene rings is 2. The number of allylic oxidation sites excluding steroid dienone is 1. The molecule has 0 N–H and O–H groups in total. The predicted molar refractivity (Wildman–Crippen MR) is 111 cm³/mol. The van der Waals surface area contributed by atoms with E-state index in [0.29, 0.717) is 6.61 Å². The molecule has 3 nitrogen and oxygen atoms in total. The van der Waals surface area contributed by atoms with Gasteiger partial charge in [0, 0.05) is 10.4 Å². The van der Waals surface area contributed by atoms with E-state index in [9.17, 15) is 4.79 Å². The Hall–Kier alpha value is -2.85. The summed E-state index contributed by atoms with van der Waals surface area (Å²) in [6.45, 7) is 4.41. The van der Waals surface area contributed by atoms with Gasteiger partial charge in [0.15, 0.2) is 5.78 Å². The minimum Gasteiger partial charge on any atom is -0.496 e. The van der Waals surface area contributed by atoms with Crippen molar-refractivity contribution in [3.63, 3.8) is 0 Å². The van der Waals surface area contributed by atoms with Crippen molar-refractivity contribution in [1.29, 1.82) is 0 Å². The molecule has 0 unspecified atom stereocenters. The lowest BCUT2D eigenvalue weighted by Gasteiger charge is -2.12. The van der Waals surface area contributed by atoms with Crippen molar-refractivity contribution in [2.24, 2.45) is 0 Å². The van der Waals surface area contributed by atoms with E-state index in [1.165, 1.54) is 11.3 Å². The van der Waals surface area contributed by atoms with Crippen LogP contribution in [0.2, 0.25) is 0 Å². The third-order valence-electron chi connectivity index (χ3n) is 4.19. The Morgan fingerprint density at radius 2 is 1.85 bits per heavy atom. The molecule has 0 saturated carbocycles. The third-order valence-corrected chi connectivity index (χ3v) is 5.21. The van der Waals surface area contributed by atoms with E-state index in [-0.39, 0.29) is 5.78 Å². The molecule has 0 saturated heterocycles. The van der Waals surface area contributed by atoms with Crippen LogP contribution in [0.1, 0.15) is 31.2 Å². The summed E-state index contributed by atoms with van der Waals surface area (Å²) in [5.74, 6) is 1.63. The first-order chi connectivity index (χ1) is 13.1. The second-order valence-electron chi connectivity index (χ2n) is 6.23. The van der Waals surface area contributed by atoms with E-state index >= 15 is 0 Å². The second-order valence-corrected chi connectivity index (χ2v) is 7.52. The highest BCUT2D eigenvalue weighted by molar-refractivity contribution is 7.14. The van der Waals surface area contributed by atoms with Crippen LogP contribution in [0, 0.1) is 13.8 Å². The van der Waals surface area contributed by atoms with Gasteiger partial charge in [0.25, 0.3) is 0 Å². The number of thiophene rings is 1. The molecule has 4 heteroatoms. The van der Waals surface area contributed by atoms with Crippen molar-refractivity contribution in [3.8, 4) is 11.5 Å². The van der Waals surface area contributed by atoms with Gasteiger partial charge in [-0.15, -0.1) is 11.3 Å². The van der Waals surface area contributed by atoms with Crippen molar-refractivity contribution in [2.45, 2.75) is 20.5 Å². The molecule has 0 bridgehead atoms. The molecule has 0 radical (unpaired) electrons. The number of ketones is 1. The minimum atomic E-state index is 0.0154. The molecule has 3 aromatic rings. The largest absolute Gasteiger partial charge is 0.496 e. The fourth-order valence-corrected chi connectivity index (χ4v) is 3.50. The van der Waals surface area contributed by atoms with E-state index < -0.39 is 0 Å². The lowest BCUT2D eigenvalue weighted by Crippen LogP contribution is -2.00. The number of methoxy groups -OCH3 is 1. The van der Waals surface area contributed by atoms with Gasteiger partial charge in [0.2, 0.25) is 0 Å². The molecule has 0 aliphatic rings. The summed E-state index contributed by atoms with van der Waals surface area (Å²) in [6, 6.07) is 17.5. The molecule has 0 aliphatic carbocycles. The van der Waals surface area contributed by atoms with Crippen LogP contribution in [-0.2, 0) is 6.61 Å². The number of hydrogen-bond donors (Lipinski definition) is 0. The fourth-order valence-electron chi connectivity index (χ4n) is 2.71. The first-order valence-electron chi connectivity index (χ1n) is 8.71. The van der Waals surface area contributed by atoms with E-state index in [0.717, 1.165) is 37.9 Å². The van der Waals surface area contributed by atoms with E-state index in [1.807, 2.05) is 74.5 Å². The lowest BCUT2D eigenvalue weighted by molar-refractivity contribution is 0.105. The molecular formula is C23H22O3S. The van der Waals surface area contributed by atoms with Gasteiger partial charge < -0.3 is 9.47 Å². The highest BCUT2D eigenvalue weighted by atomic mass is 32.1. The van der Waals surface area contributed by atoms with E-state index in [4.69, 9.17) is 9.47 Å². The van der Waals surface area contributed by atoms with Gasteiger partial charge in [0.1, 0.15) is 18.1 Å². The number of hydrogen-bond acceptors (Lipinski definition) is 4. The lowest BCUT2D eigenvalue weighted by atomic mass is 10.1. The maximum Gasteiger partial charge on any atom is 0.195 e. The van der Waals surface area contributed by atoms with Crippen molar-refractivity contribution in [2.75, 3.05) is 7.11 Å². The van der Waals surface area contributed by atoms with Gasteiger partial charge >= 0.3 is 0 Å². The summed E-state index contributed by atoms with van der Waals surface area (Å²) in [6.07, 6.45) is 3.44. The van der Waals surface area contributed by atoms with Crippen LogP contribution in [0.5, 0.6) is 11.5 Å². The zero-order chi connectivity index (χ0) is 19.2. The molecule has 0 fully saturated rings. The summed E-state index contributed by atoms with van der Waals surface area (Å²) in [5, 5.41) is 0. The summed E-state index contributed by atoms with van der Waals surface area (Å²) in [4.78, 5) is 14.1. The number of rotatable bonds is 7. The fraction of sp³-hybridized carbons (Fsp3) is 0.174. The average Bonchev–Trinajstić information content (AvgIpc) is 3.12. The zero-order valence-electron chi connectivity index (χ0n) is 15.7. The number of ether oxygens (including phenoxy) is 2. The van der Waals surface area contributed by atoms with Crippen molar-refractivity contribution >= 4 is 23.2 Å². The Labute approximate surface area is 163 Å². The molecule has 1 heterocycles. The number of carbonyl (C=O) groups is 1. The Morgan fingerprint density at radius 3 is 2.56 bits per heavy atom. The highest BCUT2D eigenvalue weighted by Crippen LogP contribution is 2.24. The topological polar surface area (TPSA) is 35.5 Å². The highest BCUT2D eigenvalue weighted by Gasteiger charge is 2.07. The Balaban J connectivity index is 1.75. The molecular weight excluding hydrogens is 356 g/mol. The van der Waals surface area contributed by atoms with Crippen LogP contribution >= 0.6 is 11.3 Å². The van der Waals surface area contributed by atoms with Crippen LogP contribution in [-0.4, -0.2) is 12.9 Å². The van der Waals surface area contributed by atoms with Crippen LogP contribution in [0.4, 0.5) is 0 Å². The quantitative estimate of drug-likeness (QED) is 0.382. The molecule has 3 rings (SSSR count). The molecule has 2 aromatic carbocycles. The van der Waals surface area contributed by atoms with E-state index in [2.05, 4.69) is 0 Å². The first kappa shape index (κ1) is 18.9. The smallest absolute Gasteiger partial charge is 0.195 e. The first-order valence-corrected chi connectivity index (χ1v) is 9.52. The van der Waals surface area contributed by atoms with Gasteiger partial charge in [-0.3, -0.25) is 4.79 Å². The predicted octanol–water partition coefficient (Wildman–Crippen LogP) is 5.85. The Morgan fingerprint density at radius 1 is 1.04 bits per heavy atom. The zero-order valence-corrected chi connectivity index (χ0v) is 16.5. The average molecular weight is 378 g/mol.